The lowest BCUT2D eigenvalue weighted by atomic mass is 10.2. The molecule has 0 saturated carbocycles. The van der Waals surface area contributed by atoms with Crippen molar-refractivity contribution in [3.8, 4) is 0 Å². The van der Waals surface area contributed by atoms with E-state index in [1.165, 1.54) is 6.26 Å². The summed E-state index contributed by atoms with van der Waals surface area (Å²) in [6.45, 7) is 4.30. The van der Waals surface area contributed by atoms with Gasteiger partial charge in [-0.05, 0) is 24.6 Å². The van der Waals surface area contributed by atoms with Crippen molar-refractivity contribution in [3.63, 3.8) is 0 Å². The SMILES string of the molecule is CCNc1cc(CN2CCSCC2S(C)(=O)=O)ccn1. The average Bonchev–Trinajstić information content (AvgIpc) is 2.39. The van der Waals surface area contributed by atoms with E-state index in [-0.39, 0.29) is 5.37 Å². The predicted molar refractivity (Wildman–Crippen MR) is 84.8 cm³/mol. The molecule has 0 bridgehead atoms. The fourth-order valence-corrected chi connectivity index (χ4v) is 5.22. The highest BCUT2D eigenvalue weighted by Crippen LogP contribution is 2.22. The van der Waals surface area contributed by atoms with E-state index in [4.69, 9.17) is 0 Å². The summed E-state index contributed by atoms with van der Waals surface area (Å²) in [6.07, 6.45) is 3.09. The molecule has 1 aliphatic rings. The Morgan fingerprint density at radius 2 is 2.35 bits per heavy atom. The molecule has 0 radical (unpaired) electrons. The van der Waals surface area contributed by atoms with E-state index in [1.54, 1.807) is 18.0 Å². The van der Waals surface area contributed by atoms with Crippen molar-refractivity contribution >= 4 is 27.4 Å². The lowest BCUT2D eigenvalue weighted by molar-refractivity contribution is 0.262. The normalized spacial score (nSPS) is 20.8. The molecule has 1 aromatic rings. The number of sulfone groups is 1. The van der Waals surface area contributed by atoms with E-state index in [0.717, 1.165) is 30.2 Å². The number of hydrogen-bond donors (Lipinski definition) is 1. The van der Waals surface area contributed by atoms with E-state index in [1.807, 2.05) is 19.1 Å². The minimum atomic E-state index is -3.04. The Balaban J connectivity index is 2.12. The van der Waals surface area contributed by atoms with Crippen LogP contribution in [0.5, 0.6) is 0 Å². The number of hydrogen-bond acceptors (Lipinski definition) is 6. The van der Waals surface area contributed by atoms with E-state index in [9.17, 15) is 8.42 Å². The summed E-state index contributed by atoms with van der Waals surface area (Å²) >= 11 is 1.71. The number of nitrogens with one attached hydrogen (secondary N) is 1. The van der Waals surface area contributed by atoms with Gasteiger partial charge in [0.25, 0.3) is 0 Å². The molecule has 112 valence electrons. The maximum absolute atomic E-state index is 11.9. The summed E-state index contributed by atoms with van der Waals surface area (Å²) in [7, 11) is -3.04. The van der Waals surface area contributed by atoms with Crippen LogP contribution < -0.4 is 5.32 Å². The summed E-state index contributed by atoms with van der Waals surface area (Å²) < 4.78 is 23.8. The van der Waals surface area contributed by atoms with Crippen molar-refractivity contribution in [2.45, 2.75) is 18.8 Å². The zero-order valence-electron chi connectivity index (χ0n) is 11.9. The molecule has 2 heterocycles. The number of nitrogens with zero attached hydrogens (tertiary/aromatic N) is 2. The van der Waals surface area contributed by atoms with Gasteiger partial charge in [0.15, 0.2) is 9.84 Å². The van der Waals surface area contributed by atoms with Gasteiger partial charge in [-0.2, -0.15) is 11.8 Å². The Kier molecular flexibility index (Phi) is 5.29. The molecule has 0 aromatic carbocycles. The second-order valence-electron chi connectivity index (χ2n) is 4.91. The third-order valence-corrected chi connectivity index (χ3v) is 5.94. The zero-order valence-corrected chi connectivity index (χ0v) is 13.5. The summed E-state index contributed by atoms with van der Waals surface area (Å²) in [6, 6.07) is 3.94. The Bertz CT molecular complexity index is 548. The van der Waals surface area contributed by atoms with E-state index in [2.05, 4.69) is 15.2 Å². The molecule has 1 aliphatic heterocycles. The first kappa shape index (κ1) is 15.6. The highest BCUT2D eigenvalue weighted by molar-refractivity contribution is 8.00. The van der Waals surface area contributed by atoms with Crippen LogP contribution in [-0.2, 0) is 16.4 Å². The van der Waals surface area contributed by atoms with E-state index >= 15 is 0 Å². The van der Waals surface area contributed by atoms with E-state index < -0.39 is 9.84 Å². The van der Waals surface area contributed by atoms with Crippen molar-refractivity contribution in [2.24, 2.45) is 0 Å². The molecule has 1 unspecified atom stereocenters. The zero-order chi connectivity index (χ0) is 14.6. The quantitative estimate of drug-likeness (QED) is 0.887. The van der Waals surface area contributed by atoms with Crippen LogP contribution >= 0.6 is 11.8 Å². The summed E-state index contributed by atoms with van der Waals surface area (Å²) in [5, 5.41) is 2.80. The highest BCUT2D eigenvalue weighted by atomic mass is 32.2. The number of pyridine rings is 1. The molecule has 5 nitrogen and oxygen atoms in total. The first-order valence-corrected chi connectivity index (χ1v) is 9.81. The average molecular weight is 315 g/mol. The molecule has 20 heavy (non-hydrogen) atoms. The second kappa shape index (κ2) is 6.78. The lowest BCUT2D eigenvalue weighted by Gasteiger charge is -2.34. The summed E-state index contributed by atoms with van der Waals surface area (Å²) in [5.74, 6) is 2.48. The Labute approximate surface area is 125 Å². The van der Waals surface area contributed by atoms with Gasteiger partial charge in [-0.15, -0.1) is 0 Å². The largest absolute Gasteiger partial charge is 0.370 e. The third kappa shape index (κ3) is 4.10. The lowest BCUT2D eigenvalue weighted by Crippen LogP contribution is -2.46. The molecule has 1 saturated heterocycles. The van der Waals surface area contributed by atoms with Crippen LogP contribution in [0.3, 0.4) is 0 Å². The third-order valence-electron chi connectivity index (χ3n) is 3.25. The van der Waals surface area contributed by atoms with Crippen LogP contribution in [0.1, 0.15) is 12.5 Å². The molecule has 1 fully saturated rings. The number of aromatic nitrogens is 1. The second-order valence-corrected chi connectivity index (χ2v) is 8.26. The van der Waals surface area contributed by atoms with Gasteiger partial charge in [0, 0.05) is 43.6 Å². The first-order valence-electron chi connectivity index (χ1n) is 6.70. The number of anilines is 1. The van der Waals surface area contributed by atoms with Gasteiger partial charge >= 0.3 is 0 Å². The van der Waals surface area contributed by atoms with Crippen molar-refractivity contribution in [1.82, 2.24) is 9.88 Å². The van der Waals surface area contributed by atoms with Gasteiger partial charge in [0.1, 0.15) is 11.2 Å². The fraction of sp³-hybridized carbons (Fsp3) is 0.615. The van der Waals surface area contributed by atoms with Crippen LogP contribution in [0.25, 0.3) is 0 Å². The first-order chi connectivity index (χ1) is 9.50. The Hall–Kier alpha value is -0.790. The van der Waals surface area contributed by atoms with Crippen molar-refractivity contribution in [2.75, 3.05) is 36.2 Å². The molecule has 1 N–H and O–H groups in total. The summed E-state index contributed by atoms with van der Waals surface area (Å²) in [5.41, 5.74) is 1.09. The molecule has 7 heteroatoms. The van der Waals surface area contributed by atoms with Crippen molar-refractivity contribution in [1.29, 1.82) is 0 Å². The molecular weight excluding hydrogens is 294 g/mol. The van der Waals surface area contributed by atoms with Gasteiger partial charge < -0.3 is 5.32 Å². The monoisotopic (exact) mass is 315 g/mol. The maximum atomic E-state index is 11.9. The van der Waals surface area contributed by atoms with Gasteiger partial charge in [0.05, 0.1) is 0 Å². The molecule has 1 atom stereocenters. The Morgan fingerprint density at radius 1 is 1.55 bits per heavy atom. The predicted octanol–water partition coefficient (Wildman–Crippen LogP) is 1.43. The topological polar surface area (TPSA) is 62.3 Å². The smallest absolute Gasteiger partial charge is 0.164 e. The van der Waals surface area contributed by atoms with Crippen molar-refractivity contribution < 1.29 is 8.42 Å². The highest BCUT2D eigenvalue weighted by Gasteiger charge is 2.30. The van der Waals surface area contributed by atoms with Gasteiger partial charge in [-0.1, -0.05) is 0 Å². The standard InChI is InChI=1S/C13H21N3O2S2/c1-3-14-12-8-11(4-5-15-12)9-16-6-7-19-10-13(16)20(2,17)18/h4-5,8,13H,3,6-7,9-10H2,1-2H3,(H,14,15). The van der Waals surface area contributed by atoms with Crippen molar-refractivity contribution in [3.05, 3.63) is 23.9 Å². The van der Waals surface area contributed by atoms with Crippen LogP contribution in [0.2, 0.25) is 0 Å². The molecule has 0 aliphatic carbocycles. The molecule has 2 rings (SSSR count). The maximum Gasteiger partial charge on any atom is 0.164 e. The molecule has 0 spiro atoms. The number of thioether (sulfide) groups is 1. The van der Waals surface area contributed by atoms with Crippen LogP contribution in [0.15, 0.2) is 18.3 Å². The molecule has 1 aromatic heterocycles. The van der Waals surface area contributed by atoms with Gasteiger partial charge in [-0.3, -0.25) is 4.90 Å². The van der Waals surface area contributed by atoms with E-state index in [0.29, 0.717) is 12.3 Å². The minimum Gasteiger partial charge on any atom is -0.370 e. The molecule has 0 amide bonds. The van der Waals surface area contributed by atoms with Gasteiger partial charge in [0.2, 0.25) is 0 Å². The van der Waals surface area contributed by atoms with Crippen LogP contribution in [-0.4, -0.2) is 54.5 Å². The minimum absolute atomic E-state index is 0.378. The Morgan fingerprint density at radius 3 is 3.05 bits per heavy atom. The number of rotatable bonds is 5. The van der Waals surface area contributed by atoms with Crippen LogP contribution in [0.4, 0.5) is 5.82 Å². The fourth-order valence-electron chi connectivity index (χ4n) is 2.28. The van der Waals surface area contributed by atoms with Crippen LogP contribution in [0, 0.1) is 0 Å². The molecular formula is C13H21N3O2S2. The summed E-state index contributed by atoms with van der Waals surface area (Å²) in [4.78, 5) is 6.29. The van der Waals surface area contributed by atoms with Gasteiger partial charge in [-0.25, -0.2) is 13.4 Å².